The summed E-state index contributed by atoms with van der Waals surface area (Å²) >= 11 is 0. The van der Waals surface area contributed by atoms with Crippen molar-refractivity contribution < 1.29 is 0 Å². The highest BCUT2D eigenvalue weighted by Gasteiger charge is 2.28. The van der Waals surface area contributed by atoms with E-state index in [1.165, 1.54) is 26.2 Å². The van der Waals surface area contributed by atoms with Crippen molar-refractivity contribution in [1.29, 1.82) is 0 Å². The zero-order chi connectivity index (χ0) is 13.8. The Morgan fingerprint density at radius 3 is 2.06 bits per heavy atom. The summed E-state index contributed by atoms with van der Waals surface area (Å²) in [5.74, 6) is 0.728. The van der Waals surface area contributed by atoms with Crippen LogP contribution in [0, 0.1) is 5.92 Å². The summed E-state index contributed by atoms with van der Waals surface area (Å²) in [5, 5.41) is 3.46. The summed E-state index contributed by atoms with van der Waals surface area (Å²) in [6.07, 6.45) is 0. The third-order valence-electron chi connectivity index (χ3n) is 4.38. The molecule has 1 fully saturated rings. The van der Waals surface area contributed by atoms with Crippen LogP contribution in [-0.4, -0.2) is 60.6 Å². The van der Waals surface area contributed by atoms with Gasteiger partial charge in [0, 0.05) is 37.8 Å². The standard InChI is InChI=1S/C15H33N3/c1-7-16-12-13(2)14(3)17-8-10-18(11-9-17)15(4,5)6/h13-14,16H,7-12H2,1-6H3. The Bertz CT molecular complexity index is 226. The van der Waals surface area contributed by atoms with Crippen LogP contribution < -0.4 is 5.32 Å². The lowest BCUT2D eigenvalue weighted by Crippen LogP contribution is -2.56. The Labute approximate surface area is 114 Å². The van der Waals surface area contributed by atoms with E-state index in [2.05, 4.69) is 56.7 Å². The monoisotopic (exact) mass is 255 g/mol. The van der Waals surface area contributed by atoms with E-state index in [1.807, 2.05) is 0 Å². The second-order valence-corrected chi connectivity index (χ2v) is 6.72. The average molecular weight is 255 g/mol. The molecule has 0 saturated carbocycles. The summed E-state index contributed by atoms with van der Waals surface area (Å²) < 4.78 is 0. The minimum absolute atomic E-state index is 0.324. The van der Waals surface area contributed by atoms with Crippen molar-refractivity contribution in [2.24, 2.45) is 5.92 Å². The topological polar surface area (TPSA) is 18.5 Å². The molecule has 3 nitrogen and oxygen atoms in total. The number of nitrogens with one attached hydrogen (secondary N) is 1. The molecule has 1 aliphatic rings. The Kier molecular flexibility index (Phi) is 6.09. The predicted octanol–water partition coefficient (Wildman–Crippen LogP) is 2.04. The first kappa shape index (κ1) is 15.9. The fourth-order valence-corrected chi connectivity index (χ4v) is 2.70. The molecule has 0 aliphatic carbocycles. The van der Waals surface area contributed by atoms with Gasteiger partial charge in [0.05, 0.1) is 0 Å². The molecule has 0 amide bonds. The van der Waals surface area contributed by atoms with Crippen LogP contribution in [-0.2, 0) is 0 Å². The molecule has 1 heterocycles. The number of rotatable bonds is 5. The highest BCUT2D eigenvalue weighted by molar-refractivity contribution is 4.85. The summed E-state index contributed by atoms with van der Waals surface area (Å²) in [5.41, 5.74) is 0.324. The molecule has 0 aromatic rings. The van der Waals surface area contributed by atoms with E-state index in [0.29, 0.717) is 11.6 Å². The lowest BCUT2D eigenvalue weighted by atomic mass is 9.99. The van der Waals surface area contributed by atoms with Crippen LogP contribution in [0.25, 0.3) is 0 Å². The molecule has 0 bridgehead atoms. The van der Waals surface area contributed by atoms with Gasteiger partial charge < -0.3 is 5.32 Å². The first-order valence-electron chi connectivity index (χ1n) is 7.56. The van der Waals surface area contributed by atoms with E-state index in [9.17, 15) is 0 Å². The first-order chi connectivity index (χ1) is 8.36. The highest BCUT2D eigenvalue weighted by atomic mass is 15.3. The molecule has 2 atom stereocenters. The third kappa shape index (κ3) is 4.52. The van der Waals surface area contributed by atoms with Gasteiger partial charge in [-0.3, -0.25) is 9.80 Å². The molecule has 0 spiro atoms. The fourth-order valence-electron chi connectivity index (χ4n) is 2.70. The van der Waals surface area contributed by atoms with E-state index < -0.39 is 0 Å². The molecule has 18 heavy (non-hydrogen) atoms. The van der Waals surface area contributed by atoms with E-state index in [4.69, 9.17) is 0 Å². The number of hydrogen-bond acceptors (Lipinski definition) is 3. The maximum atomic E-state index is 3.46. The van der Waals surface area contributed by atoms with Crippen LogP contribution in [0.2, 0.25) is 0 Å². The number of nitrogens with zero attached hydrogens (tertiary/aromatic N) is 2. The van der Waals surface area contributed by atoms with Crippen molar-refractivity contribution in [2.45, 2.75) is 53.1 Å². The van der Waals surface area contributed by atoms with Crippen LogP contribution in [0.1, 0.15) is 41.5 Å². The maximum Gasteiger partial charge on any atom is 0.0126 e. The SMILES string of the molecule is CCNCC(C)C(C)N1CCN(C(C)(C)C)CC1. The van der Waals surface area contributed by atoms with Crippen molar-refractivity contribution in [3.05, 3.63) is 0 Å². The molecule has 0 radical (unpaired) electrons. The lowest BCUT2D eigenvalue weighted by Gasteiger charge is -2.45. The van der Waals surface area contributed by atoms with Gasteiger partial charge in [-0.05, 0) is 46.7 Å². The van der Waals surface area contributed by atoms with Crippen molar-refractivity contribution in [3.8, 4) is 0 Å². The average Bonchev–Trinajstić information content (AvgIpc) is 2.34. The smallest absolute Gasteiger partial charge is 0.0126 e. The van der Waals surface area contributed by atoms with Gasteiger partial charge in [0.1, 0.15) is 0 Å². The lowest BCUT2D eigenvalue weighted by molar-refractivity contribution is 0.0340. The summed E-state index contributed by atoms with van der Waals surface area (Å²) in [6.45, 7) is 21.0. The predicted molar refractivity (Wildman–Crippen MR) is 80.1 cm³/mol. The van der Waals surface area contributed by atoms with Gasteiger partial charge in [-0.15, -0.1) is 0 Å². The van der Waals surface area contributed by atoms with Crippen molar-refractivity contribution in [1.82, 2.24) is 15.1 Å². The van der Waals surface area contributed by atoms with Crippen LogP contribution in [0.4, 0.5) is 0 Å². The number of hydrogen-bond donors (Lipinski definition) is 1. The van der Waals surface area contributed by atoms with Gasteiger partial charge >= 0.3 is 0 Å². The molecule has 108 valence electrons. The second kappa shape index (κ2) is 6.88. The fraction of sp³-hybridized carbons (Fsp3) is 1.00. The molecular formula is C15H33N3. The zero-order valence-electron chi connectivity index (χ0n) is 13.3. The van der Waals surface area contributed by atoms with E-state index in [-0.39, 0.29) is 0 Å². The molecule has 1 aliphatic heterocycles. The van der Waals surface area contributed by atoms with Crippen LogP contribution in [0.3, 0.4) is 0 Å². The summed E-state index contributed by atoms with van der Waals surface area (Å²) in [4.78, 5) is 5.26. The molecule has 0 aromatic heterocycles. The Balaban J connectivity index is 2.38. The summed E-state index contributed by atoms with van der Waals surface area (Å²) in [6, 6.07) is 0.686. The Morgan fingerprint density at radius 1 is 1.06 bits per heavy atom. The molecule has 2 unspecified atom stereocenters. The quantitative estimate of drug-likeness (QED) is 0.811. The van der Waals surface area contributed by atoms with Gasteiger partial charge in [0.2, 0.25) is 0 Å². The third-order valence-corrected chi connectivity index (χ3v) is 4.38. The molecule has 1 rings (SSSR count). The Morgan fingerprint density at radius 2 is 1.61 bits per heavy atom. The van der Waals surface area contributed by atoms with Gasteiger partial charge in [-0.1, -0.05) is 13.8 Å². The van der Waals surface area contributed by atoms with Crippen LogP contribution in [0.15, 0.2) is 0 Å². The highest BCUT2D eigenvalue weighted by Crippen LogP contribution is 2.19. The molecule has 1 saturated heterocycles. The first-order valence-corrected chi connectivity index (χ1v) is 7.56. The maximum absolute atomic E-state index is 3.46. The van der Waals surface area contributed by atoms with Gasteiger partial charge in [0.15, 0.2) is 0 Å². The minimum atomic E-state index is 0.324. The second-order valence-electron chi connectivity index (χ2n) is 6.72. The van der Waals surface area contributed by atoms with Gasteiger partial charge in [-0.25, -0.2) is 0 Å². The van der Waals surface area contributed by atoms with E-state index in [1.54, 1.807) is 0 Å². The largest absolute Gasteiger partial charge is 0.317 e. The molecular weight excluding hydrogens is 222 g/mol. The van der Waals surface area contributed by atoms with Crippen molar-refractivity contribution in [3.63, 3.8) is 0 Å². The Hall–Kier alpha value is -0.120. The molecule has 1 N–H and O–H groups in total. The number of piperazine rings is 1. The van der Waals surface area contributed by atoms with Gasteiger partial charge in [0.25, 0.3) is 0 Å². The summed E-state index contributed by atoms with van der Waals surface area (Å²) in [7, 11) is 0. The molecule has 3 heteroatoms. The van der Waals surface area contributed by atoms with Crippen molar-refractivity contribution >= 4 is 0 Å². The van der Waals surface area contributed by atoms with E-state index >= 15 is 0 Å². The molecule has 0 aromatic carbocycles. The minimum Gasteiger partial charge on any atom is -0.317 e. The van der Waals surface area contributed by atoms with E-state index in [0.717, 1.165) is 19.0 Å². The van der Waals surface area contributed by atoms with Crippen molar-refractivity contribution in [2.75, 3.05) is 39.3 Å². The normalized spacial score (nSPS) is 23.0. The van der Waals surface area contributed by atoms with Gasteiger partial charge in [-0.2, -0.15) is 0 Å². The van der Waals surface area contributed by atoms with Crippen LogP contribution >= 0.6 is 0 Å². The van der Waals surface area contributed by atoms with Crippen LogP contribution in [0.5, 0.6) is 0 Å². The zero-order valence-corrected chi connectivity index (χ0v) is 13.3.